The van der Waals surface area contributed by atoms with Gasteiger partial charge >= 0.3 is 0 Å². The van der Waals surface area contributed by atoms with Crippen LogP contribution in [0.15, 0.2) is 68.6 Å². The standard InChI is InChI=1S/C16H12Br2ClN3O2S/c17-12-5-7-13(8-6-12)25(23,24)21-16-14(18)10-22(20-16)9-11-3-1-2-4-15(11)19/h1-8,10H,9H2,(H,20,21). The van der Waals surface area contributed by atoms with Gasteiger partial charge in [-0.15, -0.1) is 0 Å². The van der Waals surface area contributed by atoms with Crippen LogP contribution in [-0.4, -0.2) is 18.2 Å². The average molecular weight is 506 g/mol. The molecular weight excluding hydrogens is 494 g/mol. The second-order valence-electron chi connectivity index (χ2n) is 5.17. The van der Waals surface area contributed by atoms with Gasteiger partial charge in [-0.25, -0.2) is 8.42 Å². The lowest BCUT2D eigenvalue weighted by Crippen LogP contribution is -2.14. The van der Waals surface area contributed by atoms with Crippen molar-refractivity contribution >= 4 is 59.3 Å². The molecule has 130 valence electrons. The van der Waals surface area contributed by atoms with E-state index in [2.05, 4.69) is 41.7 Å². The van der Waals surface area contributed by atoms with E-state index in [4.69, 9.17) is 11.6 Å². The third-order valence-corrected chi connectivity index (χ3v) is 6.19. The molecule has 0 aliphatic carbocycles. The van der Waals surface area contributed by atoms with Crippen LogP contribution in [0.4, 0.5) is 5.82 Å². The summed E-state index contributed by atoms with van der Waals surface area (Å²) in [4.78, 5) is 0.156. The fourth-order valence-electron chi connectivity index (χ4n) is 2.15. The lowest BCUT2D eigenvalue weighted by atomic mass is 10.2. The van der Waals surface area contributed by atoms with Gasteiger partial charge in [-0.05, 0) is 51.8 Å². The van der Waals surface area contributed by atoms with E-state index in [9.17, 15) is 8.42 Å². The predicted octanol–water partition coefficient (Wildman–Crippen LogP) is 4.91. The van der Waals surface area contributed by atoms with E-state index in [1.54, 1.807) is 29.1 Å². The van der Waals surface area contributed by atoms with Gasteiger partial charge < -0.3 is 0 Å². The minimum absolute atomic E-state index is 0.156. The van der Waals surface area contributed by atoms with Crippen LogP contribution in [0.3, 0.4) is 0 Å². The summed E-state index contributed by atoms with van der Waals surface area (Å²) in [6, 6.07) is 13.8. The van der Waals surface area contributed by atoms with Crippen LogP contribution in [-0.2, 0) is 16.6 Å². The molecule has 1 N–H and O–H groups in total. The van der Waals surface area contributed by atoms with Gasteiger partial charge in [0.05, 0.1) is 15.9 Å². The fourth-order valence-corrected chi connectivity index (χ4v) is 4.17. The molecule has 25 heavy (non-hydrogen) atoms. The zero-order valence-electron chi connectivity index (χ0n) is 12.7. The highest BCUT2D eigenvalue weighted by molar-refractivity contribution is 9.10. The van der Waals surface area contributed by atoms with Crippen molar-refractivity contribution in [1.29, 1.82) is 0 Å². The van der Waals surface area contributed by atoms with Gasteiger partial charge in [0.2, 0.25) is 0 Å². The summed E-state index contributed by atoms with van der Waals surface area (Å²) in [7, 11) is -3.72. The molecule has 0 saturated heterocycles. The molecule has 1 aromatic heterocycles. The number of anilines is 1. The van der Waals surface area contributed by atoms with Gasteiger partial charge in [-0.1, -0.05) is 45.7 Å². The van der Waals surface area contributed by atoms with E-state index in [1.165, 1.54) is 12.1 Å². The number of halogens is 3. The van der Waals surface area contributed by atoms with E-state index in [0.29, 0.717) is 16.0 Å². The molecule has 3 rings (SSSR count). The molecular formula is C16H12Br2ClN3O2S. The monoisotopic (exact) mass is 503 g/mol. The largest absolute Gasteiger partial charge is 0.265 e. The maximum Gasteiger partial charge on any atom is 0.263 e. The summed E-state index contributed by atoms with van der Waals surface area (Å²) in [5.41, 5.74) is 0.890. The highest BCUT2D eigenvalue weighted by atomic mass is 79.9. The summed E-state index contributed by atoms with van der Waals surface area (Å²) in [6.45, 7) is 0.429. The predicted molar refractivity (Wildman–Crippen MR) is 105 cm³/mol. The van der Waals surface area contributed by atoms with Crippen LogP contribution in [0.5, 0.6) is 0 Å². The van der Waals surface area contributed by atoms with Crippen molar-refractivity contribution < 1.29 is 8.42 Å². The topological polar surface area (TPSA) is 64.0 Å². The summed E-state index contributed by atoms with van der Waals surface area (Å²) < 4.78 is 30.4. The molecule has 3 aromatic rings. The Morgan fingerprint density at radius 3 is 2.44 bits per heavy atom. The van der Waals surface area contributed by atoms with Crippen molar-refractivity contribution in [3.63, 3.8) is 0 Å². The number of hydrogen-bond acceptors (Lipinski definition) is 3. The number of nitrogens with one attached hydrogen (secondary N) is 1. The molecule has 0 atom stereocenters. The maximum absolute atomic E-state index is 12.5. The van der Waals surface area contributed by atoms with Crippen molar-refractivity contribution in [3.05, 3.63) is 74.3 Å². The summed E-state index contributed by atoms with van der Waals surface area (Å²) in [5.74, 6) is 0.218. The van der Waals surface area contributed by atoms with Crippen molar-refractivity contribution in [1.82, 2.24) is 9.78 Å². The van der Waals surface area contributed by atoms with Crippen LogP contribution in [0.25, 0.3) is 0 Å². The first-order valence-electron chi connectivity index (χ1n) is 7.10. The molecule has 0 spiro atoms. The molecule has 0 unspecified atom stereocenters. The van der Waals surface area contributed by atoms with Crippen molar-refractivity contribution in [2.24, 2.45) is 0 Å². The first-order chi connectivity index (χ1) is 11.8. The Hall–Kier alpha value is -1.35. The van der Waals surface area contributed by atoms with Crippen LogP contribution >= 0.6 is 43.5 Å². The number of rotatable bonds is 5. The number of aromatic nitrogens is 2. The molecule has 5 nitrogen and oxygen atoms in total. The summed E-state index contributed by atoms with van der Waals surface area (Å²) in [5, 5.41) is 4.92. The molecule has 1 heterocycles. The quantitative estimate of drug-likeness (QED) is 0.536. The Morgan fingerprint density at radius 2 is 1.76 bits per heavy atom. The zero-order chi connectivity index (χ0) is 18.0. The van der Waals surface area contributed by atoms with Gasteiger partial charge in [-0.3, -0.25) is 9.40 Å². The second-order valence-corrected chi connectivity index (χ2v) is 9.03. The average Bonchev–Trinajstić information content (AvgIpc) is 2.89. The Balaban J connectivity index is 1.83. The summed E-state index contributed by atoms with van der Waals surface area (Å²) in [6.07, 6.45) is 1.70. The smallest absolute Gasteiger partial charge is 0.263 e. The van der Waals surface area contributed by atoms with Gasteiger partial charge in [0.15, 0.2) is 5.82 Å². The second kappa shape index (κ2) is 7.49. The molecule has 0 bridgehead atoms. The van der Waals surface area contributed by atoms with Crippen LogP contribution in [0.1, 0.15) is 5.56 Å². The Bertz CT molecular complexity index is 1000. The Labute approximate surface area is 167 Å². The lowest BCUT2D eigenvalue weighted by molar-refractivity contribution is 0.600. The molecule has 0 radical (unpaired) electrons. The van der Waals surface area contributed by atoms with Crippen LogP contribution in [0, 0.1) is 0 Å². The molecule has 9 heteroatoms. The van der Waals surface area contributed by atoms with Crippen LogP contribution < -0.4 is 4.72 Å². The number of nitrogens with zero attached hydrogens (tertiary/aromatic N) is 2. The van der Waals surface area contributed by atoms with E-state index in [1.807, 2.05) is 18.2 Å². The number of benzene rings is 2. The van der Waals surface area contributed by atoms with Crippen molar-refractivity contribution in [2.45, 2.75) is 11.4 Å². The molecule has 0 aliphatic heterocycles. The highest BCUT2D eigenvalue weighted by Gasteiger charge is 2.18. The normalized spacial score (nSPS) is 11.5. The highest BCUT2D eigenvalue weighted by Crippen LogP contribution is 2.25. The minimum atomic E-state index is -3.72. The molecule has 0 saturated carbocycles. The van der Waals surface area contributed by atoms with E-state index >= 15 is 0 Å². The van der Waals surface area contributed by atoms with E-state index in [0.717, 1.165) is 10.0 Å². The third kappa shape index (κ3) is 4.44. The van der Waals surface area contributed by atoms with Gasteiger partial charge in [0.1, 0.15) is 0 Å². The van der Waals surface area contributed by atoms with E-state index in [-0.39, 0.29) is 10.7 Å². The van der Waals surface area contributed by atoms with Gasteiger partial charge in [-0.2, -0.15) is 5.10 Å². The summed E-state index contributed by atoms with van der Waals surface area (Å²) >= 11 is 12.8. The number of hydrogen-bond donors (Lipinski definition) is 1. The first kappa shape index (κ1) is 18.4. The van der Waals surface area contributed by atoms with Crippen LogP contribution in [0.2, 0.25) is 5.02 Å². The fraction of sp³-hybridized carbons (Fsp3) is 0.0625. The zero-order valence-corrected chi connectivity index (χ0v) is 17.4. The Morgan fingerprint density at radius 1 is 1.08 bits per heavy atom. The van der Waals surface area contributed by atoms with Gasteiger partial charge in [0, 0.05) is 15.7 Å². The van der Waals surface area contributed by atoms with Crippen molar-refractivity contribution in [3.8, 4) is 0 Å². The van der Waals surface area contributed by atoms with Gasteiger partial charge in [0.25, 0.3) is 10.0 Å². The van der Waals surface area contributed by atoms with E-state index < -0.39 is 10.0 Å². The molecule has 2 aromatic carbocycles. The Kier molecular flexibility index (Phi) is 5.52. The maximum atomic E-state index is 12.5. The molecule has 0 amide bonds. The SMILES string of the molecule is O=S(=O)(Nc1nn(Cc2ccccc2Cl)cc1Br)c1ccc(Br)cc1. The molecule has 0 fully saturated rings. The van der Waals surface area contributed by atoms with Crippen molar-refractivity contribution in [2.75, 3.05) is 4.72 Å². The first-order valence-corrected chi connectivity index (χ1v) is 10.5. The molecule has 0 aliphatic rings. The lowest BCUT2D eigenvalue weighted by Gasteiger charge is -2.06. The number of sulfonamides is 1. The minimum Gasteiger partial charge on any atom is -0.265 e. The third-order valence-electron chi connectivity index (χ3n) is 3.36.